The monoisotopic (exact) mass is 437 g/mol. The van der Waals surface area contributed by atoms with Crippen molar-refractivity contribution in [3.05, 3.63) is 12.2 Å². The third-order valence-corrected chi connectivity index (χ3v) is 6.07. The van der Waals surface area contributed by atoms with Gasteiger partial charge in [0.05, 0.1) is 0 Å². The Hall–Kier alpha value is -0.830. The van der Waals surface area contributed by atoms with E-state index >= 15 is 0 Å². The van der Waals surface area contributed by atoms with Crippen LogP contribution in [-0.4, -0.2) is 24.2 Å². The van der Waals surface area contributed by atoms with E-state index in [-0.39, 0.29) is 12.5 Å². The molecule has 0 aliphatic carbocycles. The van der Waals surface area contributed by atoms with Gasteiger partial charge < -0.3 is 10.4 Å². The van der Waals surface area contributed by atoms with Gasteiger partial charge in [-0.05, 0) is 44.9 Å². The maximum absolute atomic E-state index is 11.6. The molecule has 0 aromatic rings. The van der Waals surface area contributed by atoms with Gasteiger partial charge in [-0.15, -0.1) is 0 Å². The van der Waals surface area contributed by atoms with Gasteiger partial charge in [0.2, 0.25) is 5.91 Å². The molecule has 3 nitrogen and oxygen atoms in total. The summed E-state index contributed by atoms with van der Waals surface area (Å²) in [7, 11) is 0. The average Bonchev–Trinajstić information content (AvgIpc) is 2.77. The molecule has 0 bridgehead atoms. The normalized spacial score (nSPS) is 11.4. The van der Waals surface area contributed by atoms with Crippen LogP contribution in [0.1, 0.15) is 148 Å². The Balaban J connectivity index is 3.13. The number of amides is 1. The first-order chi connectivity index (χ1) is 15.3. The highest BCUT2D eigenvalue weighted by Gasteiger charge is 2.00. The Kier molecular flexibility index (Phi) is 26.5. The largest absolute Gasteiger partial charge is 0.396 e. The predicted octanol–water partition coefficient (Wildman–Crippen LogP) is 8.25. The van der Waals surface area contributed by atoms with Crippen LogP contribution in [0.2, 0.25) is 0 Å². The lowest BCUT2D eigenvalue weighted by atomic mass is 10.1. The second-order valence-corrected chi connectivity index (χ2v) is 9.24. The van der Waals surface area contributed by atoms with Gasteiger partial charge in [0.1, 0.15) is 0 Å². The van der Waals surface area contributed by atoms with Crippen LogP contribution in [0.15, 0.2) is 12.2 Å². The van der Waals surface area contributed by atoms with Crippen LogP contribution in [0.5, 0.6) is 0 Å². The highest BCUT2D eigenvalue weighted by atomic mass is 16.2. The van der Waals surface area contributed by atoms with Crippen LogP contribution < -0.4 is 5.32 Å². The van der Waals surface area contributed by atoms with Crippen molar-refractivity contribution in [2.24, 2.45) is 0 Å². The Morgan fingerprint density at radius 1 is 0.613 bits per heavy atom. The van der Waals surface area contributed by atoms with E-state index in [2.05, 4.69) is 24.4 Å². The maximum Gasteiger partial charge on any atom is 0.219 e. The first kappa shape index (κ1) is 30.2. The molecule has 0 heterocycles. The summed E-state index contributed by atoms with van der Waals surface area (Å²) in [4.78, 5) is 11.6. The molecule has 0 fully saturated rings. The summed E-state index contributed by atoms with van der Waals surface area (Å²) in [5, 5.41) is 11.7. The van der Waals surface area contributed by atoms with Crippen molar-refractivity contribution in [1.82, 2.24) is 5.32 Å². The van der Waals surface area contributed by atoms with E-state index in [1.165, 1.54) is 109 Å². The average molecular weight is 438 g/mol. The molecule has 1 amide bonds. The molecule has 3 heteroatoms. The summed E-state index contributed by atoms with van der Waals surface area (Å²) >= 11 is 0. The quantitative estimate of drug-likeness (QED) is 0.111. The van der Waals surface area contributed by atoms with Gasteiger partial charge >= 0.3 is 0 Å². The second kappa shape index (κ2) is 27.2. The summed E-state index contributed by atoms with van der Waals surface area (Å²) in [6.07, 6.45) is 32.3. The fourth-order valence-electron chi connectivity index (χ4n) is 3.97. The molecule has 0 radical (unpaired) electrons. The van der Waals surface area contributed by atoms with Gasteiger partial charge in [-0.3, -0.25) is 4.79 Å². The van der Waals surface area contributed by atoms with E-state index in [0.29, 0.717) is 6.42 Å². The molecule has 0 unspecified atom stereocenters. The van der Waals surface area contributed by atoms with Gasteiger partial charge in [0, 0.05) is 19.6 Å². The third-order valence-electron chi connectivity index (χ3n) is 6.07. The van der Waals surface area contributed by atoms with Crippen LogP contribution in [0, 0.1) is 0 Å². The van der Waals surface area contributed by atoms with E-state index in [1.54, 1.807) is 0 Å². The maximum atomic E-state index is 11.6. The van der Waals surface area contributed by atoms with E-state index in [4.69, 9.17) is 5.11 Å². The Morgan fingerprint density at radius 3 is 1.58 bits per heavy atom. The lowest BCUT2D eigenvalue weighted by Gasteiger charge is -2.05. The van der Waals surface area contributed by atoms with Crippen LogP contribution in [0.3, 0.4) is 0 Å². The number of nitrogens with one attached hydrogen (secondary N) is 1. The summed E-state index contributed by atoms with van der Waals surface area (Å²) in [6.45, 7) is 3.34. The summed E-state index contributed by atoms with van der Waals surface area (Å²) in [6, 6.07) is 0. The molecule has 0 saturated heterocycles. The van der Waals surface area contributed by atoms with E-state index < -0.39 is 0 Å². The molecule has 0 atom stereocenters. The van der Waals surface area contributed by atoms with Gasteiger partial charge in [0.25, 0.3) is 0 Å². The second-order valence-electron chi connectivity index (χ2n) is 9.24. The molecule has 0 aromatic carbocycles. The van der Waals surface area contributed by atoms with Crippen molar-refractivity contribution in [2.45, 2.75) is 148 Å². The number of hydrogen-bond acceptors (Lipinski definition) is 2. The standard InChI is InChI=1S/C28H55NO2/c1-2-3-4-5-6-7-8-9-10-11-12-13-14-15-16-17-18-19-20-23-26-29-28(31)25-22-21-24-27-30/h9-10,30H,2-8,11-27H2,1H3,(H,29,31)/b10-9-. The molecule has 0 aliphatic rings. The number of aliphatic hydroxyl groups is 1. The van der Waals surface area contributed by atoms with Gasteiger partial charge in [-0.25, -0.2) is 0 Å². The first-order valence-corrected chi connectivity index (χ1v) is 13.8. The predicted molar refractivity (Wildman–Crippen MR) is 136 cm³/mol. The smallest absolute Gasteiger partial charge is 0.219 e. The van der Waals surface area contributed by atoms with Crippen molar-refractivity contribution < 1.29 is 9.90 Å². The van der Waals surface area contributed by atoms with Crippen LogP contribution >= 0.6 is 0 Å². The Labute approximate surface area is 194 Å². The van der Waals surface area contributed by atoms with Gasteiger partial charge in [-0.1, -0.05) is 109 Å². The Morgan fingerprint density at radius 2 is 1.06 bits per heavy atom. The van der Waals surface area contributed by atoms with Crippen LogP contribution in [-0.2, 0) is 4.79 Å². The number of aliphatic hydroxyl groups excluding tert-OH is 1. The molecule has 0 aromatic heterocycles. The van der Waals surface area contributed by atoms with E-state index in [1.807, 2.05) is 0 Å². The lowest BCUT2D eigenvalue weighted by molar-refractivity contribution is -0.121. The molecule has 0 aliphatic heterocycles. The third kappa shape index (κ3) is 27.1. The summed E-state index contributed by atoms with van der Waals surface area (Å²) in [5.41, 5.74) is 0. The van der Waals surface area contributed by atoms with E-state index in [9.17, 15) is 4.79 Å². The fourth-order valence-corrected chi connectivity index (χ4v) is 3.97. The van der Waals surface area contributed by atoms with Crippen molar-refractivity contribution in [3.63, 3.8) is 0 Å². The van der Waals surface area contributed by atoms with Crippen molar-refractivity contribution >= 4 is 5.91 Å². The molecule has 0 rings (SSSR count). The molecule has 0 saturated carbocycles. The molecular formula is C28H55NO2. The molecule has 31 heavy (non-hydrogen) atoms. The zero-order valence-electron chi connectivity index (χ0n) is 21.0. The van der Waals surface area contributed by atoms with Crippen molar-refractivity contribution in [1.29, 1.82) is 0 Å². The van der Waals surface area contributed by atoms with Crippen molar-refractivity contribution in [2.75, 3.05) is 13.2 Å². The minimum Gasteiger partial charge on any atom is -0.396 e. The number of hydrogen-bond donors (Lipinski definition) is 2. The number of unbranched alkanes of at least 4 members (excludes halogenated alkanes) is 18. The van der Waals surface area contributed by atoms with E-state index in [0.717, 1.165) is 32.2 Å². The number of carbonyl (C=O) groups is 1. The highest BCUT2D eigenvalue weighted by molar-refractivity contribution is 5.75. The molecule has 184 valence electrons. The zero-order valence-corrected chi connectivity index (χ0v) is 21.0. The number of rotatable bonds is 25. The lowest BCUT2D eigenvalue weighted by Crippen LogP contribution is -2.23. The SMILES string of the molecule is CCCCCCCC/C=C\CCCCCCCCCCCCNC(=O)CCCCCO. The zero-order chi connectivity index (χ0) is 22.7. The number of carbonyl (C=O) groups excluding carboxylic acids is 1. The topological polar surface area (TPSA) is 49.3 Å². The first-order valence-electron chi connectivity index (χ1n) is 13.8. The molecular weight excluding hydrogens is 382 g/mol. The van der Waals surface area contributed by atoms with Crippen LogP contribution in [0.4, 0.5) is 0 Å². The molecule has 2 N–H and O–H groups in total. The molecule has 0 spiro atoms. The summed E-state index contributed by atoms with van der Waals surface area (Å²) in [5.74, 6) is 0.172. The Bertz CT molecular complexity index is 381. The fraction of sp³-hybridized carbons (Fsp3) is 0.893. The number of allylic oxidation sites excluding steroid dienone is 2. The van der Waals surface area contributed by atoms with Crippen LogP contribution in [0.25, 0.3) is 0 Å². The minimum absolute atomic E-state index is 0.172. The minimum atomic E-state index is 0.172. The van der Waals surface area contributed by atoms with Gasteiger partial charge in [0.15, 0.2) is 0 Å². The highest BCUT2D eigenvalue weighted by Crippen LogP contribution is 2.12. The van der Waals surface area contributed by atoms with Gasteiger partial charge in [-0.2, -0.15) is 0 Å². The summed E-state index contributed by atoms with van der Waals surface area (Å²) < 4.78 is 0. The van der Waals surface area contributed by atoms with Crippen molar-refractivity contribution in [3.8, 4) is 0 Å².